The van der Waals surface area contributed by atoms with Crippen molar-refractivity contribution in [3.8, 4) is 0 Å². The van der Waals surface area contributed by atoms with Gasteiger partial charge < -0.3 is 14.5 Å². The Morgan fingerprint density at radius 3 is 2.48 bits per heavy atom. The van der Waals surface area contributed by atoms with Crippen LogP contribution in [0.15, 0.2) is 30.3 Å². The highest BCUT2D eigenvalue weighted by atomic mass is 32.2. The van der Waals surface area contributed by atoms with E-state index in [1.54, 1.807) is 16.7 Å². The Morgan fingerprint density at radius 2 is 1.83 bits per heavy atom. The highest BCUT2D eigenvalue weighted by molar-refractivity contribution is 7.99. The smallest absolute Gasteiger partial charge is 0.410 e. The molecular weight excluding hydrogens is 314 g/mol. The third kappa shape index (κ3) is 4.17. The lowest BCUT2D eigenvalue weighted by Crippen LogP contribution is -2.54. The van der Waals surface area contributed by atoms with E-state index in [4.69, 9.17) is 4.74 Å². The summed E-state index contributed by atoms with van der Waals surface area (Å²) < 4.78 is 5.33. The van der Waals surface area contributed by atoms with E-state index < -0.39 is 0 Å². The first-order valence-electron chi connectivity index (χ1n) is 7.79. The Balaban J connectivity index is 1.43. The van der Waals surface area contributed by atoms with Gasteiger partial charge in [0.1, 0.15) is 6.61 Å². The van der Waals surface area contributed by atoms with Gasteiger partial charge in [-0.1, -0.05) is 30.3 Å². The van der Waals surface area contributed by atoms with Crippen LogP contribution in [0, 0.1) is 0 Å². The van der Waals surface area contributed by atoms with Gasteiger partial charge in [0, 0.05) is 37.8 Å². The summed E-state index contributed by atoms with van der Waals surface area (Å²) in [5.74, 6) is 1.81. The van der Waals surface area contributed by atoms with Crippen LogP contribution in [-0.4, -0.2) is 65.7 Å². The summed E-state index contributed by atoms with van der Waals surface area (Å²) in [5.41, 5.74) is 0.972. The summed E-state index contributed by atoms with van der Waals surface area (Å²) in [4.78, 5) is 27.9. The second-order valence-electron chi connectivity index (χ2n) is 5.62. The maximum Gasteiger partial charge on any atom is 0.410 e. The molecule has 0 spiro atoms. The molecule has 2 aliphatic heterocycles. The fourth-order valence-electron chi connectivity index (χ4n) is 2.69. The Hall–Kier alpha value is -1.73. The molecule has 0 aliphatic carbocycles. The minimum atomic E-state index is -0.310. The van der Waals surface area contributed by atoms with Gasteiger partial charge in [-0.25, -0.2) is 4.79 Å². The van der Waals surface area contributed by atoms with Crippen LogP contribution in [0.25, 0.3) is 0 Å². The summed E-state index contributed by atoms with van der Waals surface area (Å²) in [6.07, 6.45) is -0.310. The van der Waals surface area contributed by atoms with Gasteiger partial charge in [0.2, 0.25) is 5.91 Å². The molecule has 0 radical (unpaired) electrons. The van der Waals surface area contributed by atoms with Crippen LogP contribution in [0.1, 0.15) is 5.56 Å². The molecule has 124 valence electrons. The number of hydrogen-bond acceptors (Lipinski definition) is 5. The van der Waals surface area contributed by atoms with Gasteiger partial charge in [-0.05, 0) is 5.56 Å². The van der Waals surface area contributed by atoms with Crippen LogP contribution in [0.5, 0.6) is 0 Å². The maximum atomic E-state index is 12.3. The normalized spacial score (nSPS) is 21.3. The van der Waals surface area contributed by atoms with Crippen molar-refractivity contribution in [2.75, 3.05) is 37.8 Å². The van der Waals surface area contributed by atoms with Crippen LogP contribution in [0.2, 0.25) is 0 Å². The molecule has 2 fully saturated rings. The van der Waals surface area contributed by atoms with E-state index in [2.05, 4.69) is 5.32 Å². The van der Waals surface area contributed by atoms with Crippen LogP contribution < -0.4 is 5.32 Å². The van der Waals surface area contributed by atoms with Crippen LogP contribution in [0.4, 0.5) is 4.79 Å². The molecule has 2 saturated heterocycles. The maximum absolute atomic E-state index is 12.3. The SMILES string of the molecule is O=C(OCc1ccccc1)N1CCN(C(=O)C2CSCN2)CC1. The monoisotopic (exact) mass is 335 g/mol. The molecule has 1 aromatic carbocycles. The zero-order valence-corrected chi connectivity index (χ0v) is 13.8. The largest absolute Gasteiger partial charge is 0.445 e. The van der Waals surface area contributed by atoms with E-state index in [9.17, 15) is 9.59 Å². The number of ether oxygens (including phenoxy) is 1. The summed E-state index contributed by atoms with van der Waals surface area (Å²) in [6.45, 7) is 2.48. The van der Waals surface area contributed by atoms with Crippen LogP contribution in [0.3, 0.4) is 0 Å². The van der Waals surface area contributed by atoms with Crippen LogP contribution in [-0.2, 0) is 16.1 Å². The number of rotatable bonds is 3. The van der Waals surface area contributed by atoms with Crippen molar-refractivity contribution < 1.29 is 14.3 Å². The third-order valence-corrected chi connectivity index (χ3v) is 5.01. The molecule has 0 bridgehead atoms. The van der Waals surface area contributed by atoms with E-state index in [0.29, 0.717) is 26.2 Å². The second kappa shape index (κ2) is 7.70. The standard InChI is InChI=1S/C16H21N3O3S/c20-15(14-11-23-12-17-14)18-6-8-19(9-7-18)16(21)22-10-13-4-2-1-3-5-13/h1-5,14,17H,6-12H2. The molecule has 1 aromatic rings. The lowest BCUT2D eigenvalue weighted by molar-refractivity contribution is -0.134. The van der Waals surface area contributed by atoms with E-state index >= 15 is 0 Å². The Labute approximate surface area is 140 Å². The number of nitrogens with one attached hydrogen (secondary N) is 1. The quantitative estimate of drug-likeness (QED) is 0.897. The molecule has 1 N–H and O–H groups in total. The molecule has 2 aliphatic rings. The van der Waals surface area contributed by atoms with Gasteiger partial charge in [-0.2, -0.15) is 0 Å². The van der Waals surface area contributed by atoms with Crippen molar-refractivity contribution in [2.24, 2.45) is 0 Å². The Kier molecular flexibility index (Phi) is 5.40. The van der Waals surface area contributed by atoms with Crippen molar-refractivity contribution in [1.82, 2.24) is 15.1 Å². The molecule has 2 amide bonds. The average Bonchev–Trinajstić information content (AvgIpc) is 3.15. The van der Waals surface area contributed by atoms with E-state index in [1.165, 1.54) is 0 Å². The summed E-state index contributed by atoms with van der Waals surface area (Å²) in [6, 6.07) is 9.55. The van der Waals surface area contributed by atoms with Gasteiger partial charge in [0.05, 0.1) is 6.04 Å². The first-order chi connectivity index (χ1) is 11.2. The van der Waals surface area contributed by atoms with Gasteiger partial charge in [0.15, 0.2) is 0 Å². The van der Waals surface area contributed by atoms with Gasteiger partial charge in [-0.15, -0.1) is 11.8 Å². The van der Waals surface area contributed by atoms with E-state index in [0.717, 1.165) is 17.2 Å². The molecule has 2 heterocycles. The minimum absolute atomic E-state index is 0.0726. The number of hydrogen-bond donors (Lipinski definition) is 1. The average molecular weight is 335 g/mol. The number of nitrogens with zero attached hydrogens (tertiary/aromatic N) is 2. The van der Waals surface area contributed by atoms with Gasteiger partial charge >= 0.3 is 6.09 Å². The number of thioether (sulfide) groups is 1. The molecule has 23 heavy (non-hydrogen) atoms. The predicted octanol–water partition coefficient (Wildman–Crippen LogP) is 1.13. The fraction of sp³-hybridized carbons (Fsp3) is 0.500. The number of carbonyl (C=O) groups is 2. The van der Waals surface area contributed by atoms with Gasteiger partial charge in [-0.3, -0.25) is 10.1 Å². The van der Waals surface area contributed by atoms with Crippen molar-refractivity contribution >= 4 is 23.8 Å². The highest BCUT2D eigenvalue weighted by Gasteiger charge is 2.30. The van der Waals surface area contributed by atoms with Crippen molar-refractivity contribution in [1.29, 1.82) is 0 Å². The molecule has 7 heteroatoms. The number of piperazine rings is 1. The first-order valence-corrected chi connectivity index (χ1v) is 8.95. The summed E-state index contributed by atoms with van der Waals surface area (Å²) in [5, 5.41) is 3.19. The lowest BCUT2D eigenvalue weighted by atomic mass is 10.2. The number of carbonyl (C=O) groups excluding carboxylic acids is 2. The van der Waals surface area contributed by atoms with Gasteiger partial charge in [0.25, 0.3) is 0 Å². The first kappa shape index (κ1) is 16.1. The lowest BCUT2D eigenvalue weighted by Gasteiger charge is -2.35. The minimum Gasteiger partial charge on any atom is -0.445 e. The highest BCUT2D eigenvalue weighted by Crippen LogP contribution is 2.14. The van der Waals surface area contributed by atoms with E-state index in [1.807, 2.05) is 35.2 Å². The van der Waals surface area contributed by atoms with E-state index in [-0.39, 0.29) is 24.6 Å². The predicted molar refractivity (Wildman–Crippen MR) is 89.0 cm³/mol. The molecule has 0 aromatic heterocycles. The van der Waals surface area contributed by atoms with Crippen molar-refractivity contribution in [3.05, 3.63) is 35.9 Å². The number of benzene rings is 1. The third-order valence-electron chi connectivity index (χ3n) is 4.07. The Bertz CT molecular complexity index is 541. The Morgan fingerprint density at radius 1 is 1.13 bits per heavy atom. The molecular formula is C16H21N3O3S. The summed E-state index contributed by atoms with van der Waals surface area (Å²) in [7, 11) is 0. The molecule has 1 atom stereocenters. The fourth-order valence-corrected chi connectivity index (χ4v) is 3.63. The molecule has 3 rings (SSSR count). The second-order valence-corrected chi connectivity index (χ2v) is 6.65. The molecule has 1 unspecified atom stereocenters. The zero-order valence-electron chi connectivity index (χ0n) is 12.9. The van der Waals surface area contributed by atoms with Crippen LogP contribution >= 0.6 is 11.8 Å². The molecule has 6 nitrogen and oxygen atoms in total. The molecule has 0 saturated carbocycles. The number of amides is 2. The van der Waals surface area contributed by atoms with Crippen molar-refractivity contribution in [2.45, 2.75) is 12.6 Å². The zero-order chi connectivity index (χ0) is 16.1. The summed E-state index contributed by atoms with van der Waals surface area (Å²) >= 11 is 1.74. The van der Waals surface area contributed by atoms with Crippen molar-refractivity contribution in [3.63, 3.8) is 0 Å². The topological polar surface area (TPSA) is 61.9 Å².